The summed E-state index contributed by atoms with van der Waals surface area (Å²) in [7, 11) is 0. The van der Waals surface area contributed by atoms with Crippen molar-refractivity contribution in [3.05, 3.63) is 23.2 Å². The fraction of sp³-hybridized carbons (Fsp3) is 0.619. The Bertz CT molecular complexity index is 869. The van der Waals surface area contributed by atoms with Crippen LogP contribution < -0.4 is 10.2 Å². The Hall–Kier alpha value is -1.21. The Morgan fingerprint density at radius 3 is 2.73 bits per heavy atom. The van der Waals surface area contributed by atoms with Crippen molar-refractivity contribution in [3.63, 3.8) is 0 Å². The molecule has 0 radical (unpaired) electrons. The third kappa shape index (κ3) is 4.67. The van der Waals surface area contributed by atoms with Gasteiger partial charge in [0.15, 0.2) is 5.58 Å². The number of nitrogens with one attached hydrogen (secondary N) is 1. The second-order valence-electron chi connectivity index (χ2n) is 8.41. The molecule has 1 aromatic carbocycles. The minimum absolute atomic E-state index is 0. The maximum atomic E-state index is 13.1. The van der Waals surface area contributed by atoms with E-state index in [2.05, 4.69) is 20.1 Å². The molecule has 4 heterocycles. The molecule has 2 atom stereocenters. The van der Waals surface area contributed by atoms with Gasteiger partial charge in [0.25, 0.3) is 6.01 Å². The van der Waals surface area contributed by atoms with Crippen LogP contribution in [0, 0.1) is 11.8 Å². The van der Waals surface area contributed by atoms with Gasteiger partial charge in [-0.15, -0.1) is 24.8 Å². The molecule has 2 aromatic rings. The molecule has 1 aromatic heterocycles. The molecule has 3 fully saturated rings. The number of carbonyl (C=O) groups excluding carboxylic acids is 1. The summed E-state index contributed by atoms with van der Waals surface area (Å²) in [5.74, 6) is 1.12. The van der Waals surface area contributed by atoms with Gasteiger partial charge in [-0.1, -0.05) is 11.6 Å². The van der Waals surface area contributed by atoms with Gasteiger partial charge in [-0.05, 0) is 56.7 Å². The van der Waals surface area contributed by atoms with E-state index in [4.69, 9.17) is 16.0 Å². The molecule has 0 aliphatic carbocycles. The predicted molar refractivity (Wildman–Crippen MR) is 124 cm³/mol. The summed E-state index contributed by atoms with van der Waals surface area (Å²) in [6, 6.07) is 6.76. The van der Waals surface area contributed by atoms with Crippen LogP contribution in [0.25, 0.3) is 11.1 Å². The number of fused-ring (bicyclic) bond motifs is 2. The molecular weight excluding hydrogens is 447 g/mol. The van der Waals surface area contributed by atoms with E-state index in [0.717, 1.165) is 57.5 Å². The van der Waals surface area contributed by atoms with Crippen molar-refractivity contribution in [2.45, 2.75) is 38.1 Å². The lowest BCUT2D eigenvalue weighted by atomic mass is 9.84. The van der Waals surface area contributed by atoms with E-state index in [1.165, 1.54) is 12.8 Å². The number of oxazole rings is 1. The SMILES string of the molecule is Cl.Cl.O=C(C1CCN(c2nc3ccc(Cl)cc3o2)CC1)N1CC[C@@H]2NCCC[C@@H]2C1. The first-order valence-electron chi connectivity index (χ1n) is 10.5. The molecule has 1 amide bonds. The van der Waals surface area contributed by atoms with E-state index in [1.54, 1.807) is 6.07 Å². The highest BCUT2D eigenvalue weighted by Crippen LogP contribution is 2.30. The number of benzene rings is 1. The molecule has 3 saturated heterocycles. The zero-order valence-electron chi connectivity index (χ0n) is 16.9. The van der Waals surface area contributed by atoms with Gasteiger partial charge in [-0.3, -0.25) is 4.79 Å². The number of rotatable bonds is 2. The van der Waals surface area contributed by atoms with Gasteiger partial charge in [0.05, 0.1) is 0 Å². The van der Waals surface area contributed by atoms with Crippen LogP contribution in [0.1, 0.15) is 32.1 Å². The number of carbonyl (C=O) groups is 1. The van der Waals surface area contributed by atoms with Crippen LogP contribution >= 0.6 is 36.4 Å². The Morgan fingerprint density at radius 1 is 1.13 bits per heavy atom. The lowest BCUT2D eigenvalue weighted by molar-refractivity contribution is -0.138. The number of halogens is 3. The topological polar surface area (TPSA) is 61.6 Å². The molecule has 6 nitrogen and oxygen atoms in total. The summed E-state index contributed by atoms with van der Waals surface area (Å²) in [5.41, 5.74) is 1.53. The van der Waals surface area contributed by atoms with E-state index in [9.17, 15) is 4.79 Å². The molecule has 3 aliphatic rings. The average molecular weight is 476 g/mol. The van der Waals surface area contributed by atoms with Crippen molar-refractivity contribution in [2.24, 2.45) is 11.8 Å². The minimum Gasteiger partial charge on any atom is -0.423 e. The van der Waals surface area contributed by atoms with Crippen LogP contribution in [-0.4, -0.2) is 54.6 Å². The standard InChI is InChI=1S/C21H27ClN4O2.2ClH/c22-16-3-4-18-19(12-16)28-21(24-18)25-9-5-14(6-10-25)20(27)26-11-7-17-15(13-26)2-1-8-23-17;;/h3-4,12,14-15,17,23H,1-2,5-11,13H2;2*1H/t15-,17+;;/m1../s1. The molecule has 166 valence electrons. The highest BCUT2D eigenvalue weighted by Gasteiger charge is 2.36. The number of anilines is 1. The molecule has 30 heavy (non-hydrogen) atoms. The number of aromatic nitrogens is 1. The number of hydrogen-bond acceptors (Lipinski definition) is 5. The number of amides is 1. The van der Waals surface area contributed by atoms with Crippen LogP contribution in [0.4, 0.5) is 6.01 Å². The zero-order chi connectivity index (χ0) is 19.1. The number of nitrogens with zero attached hydrogens (tertiary/aromatic N) is 3. The van der Waals surface area contributed by atoms with Crippen LogP contribution in [0.15, 0.2) is 22.6 Å². The fourth-order valence-electron chi connectivity index (χ4n) is 5.04. The molecule has 0 saturated carbocycles. The Labute approximate surface area is 194 Å². The smallest absolute Gasteiger partial charge is 0.298 e. The molecule has 0 unspecified atom stereocenters. The Kier molecular flexibility index (Phi) is 7.77. The van der Waals surface area contributed by atoms with Crippen molar-refractivity contribution in [1.29, 1.82) is 0 Å². The molecule has 0 bridgehead atoms. The maximum absolute atomic E-state index is 13.1. The van der Waals surface area contributed by atoms with Crippen LogP contribution in [-0.2, 0) is 4.79 Å². The first kappa shape index (κ1) is 23.5. The second kappa shape index (κ2) is 9.94. The number of piperidine rings is 3. The average Bonchev–Trinajstić information content (AvgIpc) is 3.16. The highest BCUT2D eigenvalue weighted by atomic mass is 35.5. The molecule has 9 heteroatoms. The van der Waals surface area contributed by atoms with Gasteiger partial charge in [0, 0.05) is 49.2 Å². The van der Waals surface area contributed by atoms with Crippen LogP contribution in [0.2, 0.25) is 5.02 Å². The van der Waals surface area contributed by atoms with Crippen molar-refractivity contribution >= 4 is 59.4 Å². The van der Waals surface area contributed by atoms with Gasteiger partial charge in [-0.2, -0.15) is 4.98 Å². The lowest BCUT2D eigenvalue weighted by Crippen LogP contribution is -2.55. The summed E-state index contributed by atoms with van der Waals surface area (Å²) in [4.78, 5) is 21.9. The monoisotopic (exact) mass is 474 g/mol. The van der Waals surface area contributed by atoms with E-state index in [0.29, 0.717) is 34.5 Å². The summed E-state index contributed by atoms with van der Waals surface area (Å²) in [5, 5.41) is 4.28. The predicted octanol–water partition coefficient (Wildman–Crippen LogP) is 4.14. The van der Waals surface area contributed by atoms with Gasteiger partial charge >= 0.3 is 0 Å². The summed E-state index contributed by atoms with van der Waals surface area (Å²) in [6.45, 7) is 4.58. The summed E-state index contributed by atoms with van der Waals surface area (Å²) in [6.07, 6.45) is 5.31. The first-order chi connectivity index (χ1) is 13.7. The molecule has 0 spiro atoms. The minimum atomic E-state index is 0. The summed E-state index contributed by atoms with van der Waals surface area (Å²) < 4.78 is 5.89. The molecular formula is C21H29Cl3N4O2. The molecule has 5 rings (SSSR count). The third-order valence-corrected chi connectivity index (χ3v) is 6.89. The quantitative estimate of drug-likeness (QED) is 0.707. The van der Waals surface area contributed by atoms with Crippen molar-refractivity contribution in [1.82, 2.24) is 15.2 Å². The largest absolute Gasteiger partial charge is 0.423 e. The molecule has 3 aliphatic heterocycles. The second-order valence-corrected chi connectivity index (χ2v) is 8.84. The van der Waals surface area contributed by atoms with Gasteiger partial charge in [0.2, 0.25) is 5.91 Å². The van der Waals surface area contributed by atoms with Gasteiger partial charge < -0.3 is 19.5 Å². The number of likely N-dealkylation sites (tertiary alicyclic amines) is 1. The van der Waals surface area contributed by atoms with Crippen molar-refractivity contribution in [3.8, 4) is 0 Å². The van der Waals surface area contributed by atoms with Crippen molar-refractivity contribution < 1.29 is 9.21 Å². The zero-order valence-corrected chi connectivity index (χ0v) is 19.3. The Morgan fingerprint density at radius 2 is 1.93 bits per heavy atom. The highest BCUT2D eigenvalue weighted by molar-refractivity contribution is 6.31. The summed E-state index contributed by atoms with van der Waals surface area (Å²) >= 11 is 6.04. The van der Waals surface area contributed by atoms with E-state index < -0.39 is 0 Å². The van der Waals surface area contributed by atoms with E-state index in [-0.39, 0.29) is 30.7 Å². The van der Waals surface area contributed by atoms with Gasteiger partial charge in [-0.25, -0.2) is 0 Å². The maximum Gasteiger partial charge on any atom is 0.298 e. The normalized spacial score (nSPS) is 24.7. The van der Waals surface area contributed by atoms with E-state index >= 15 is 0 Å². The Balaban J connectivity index is 0.00000128. The van der Waals surface area contributed by atoms with Crippen LogP contribution in [0.5, 0.6) is 0 Å². The molecule has 1 N–H and O–H groups in total. The first-order valence-corrected chi connectivity index (χ1v) is 10.9. The van der Waals surface area contributed by atoms with Crippen molar-refractivity contribution in [2.75, 3.05) is 37.6 Å². The van der Waals surface area contributed by atoms with Gasteiger partial charge in [0.1, 0.15) is 5.52 Å². The van der Waals surface area contributed by atoms with Crippen LogP contribution in [0.3, 0.4) is 0 Å². The lowest BCUT2D eigenvalue weighted by Gasteiger charge is -2.43. The number of hydrogen-bond donors (Lipinski definition) is 1. The fourth-order valence-corrected chi connectivity index (χ4v) is 5.20. The third-order valence-electron chi connectivity index (χ3n) is 6.66. The van der Waals surface area contributed by atoms with E-state index in [1.807, 2.05) is 12.1 Å².